The largest absolute Gasteiger partial charge is 0.374 e. The maximum absolute atomic E-state index is 5.10. The first kappa shape index (κ1) is 7.84. The molecule has 1 aromatic rings. The molecular weight excluding hydrogens is 168 g/mol. The van der Waals surface area contributed by atoms with Gasteiger partial charge in [-0.05, 0) is 30.7 Å². The van der Waals surface area contributed by atoms with Crippen molar-refractivity contribution in [2.75, 3.05) is 6.61 Å². The van der Waals surface area contributed by atoms with Gasteiger partial charge in [0.05, 0.1) is 0 Å². The predicted octanol–water partition coefficient (Wildman–Crippen LogP) is 1.74. The number of hydrogen-bond acceptors (Lipinski definition) is 4. The Kier molecular flexibility index (Phi) is 2.98. The molecule has 0 saturated heterocycles. The van der Waals surface area contributed by atoms with Gasteiger partial charge in [0.1, 0.15) is 12.4 Å². The van der Waals surface area contributed by atoms with Gasteiger partial charge in [0.15, 0.2) is 3.95 Å². The molecule has 1 heterocycles. The Morgan fingerprint density at radius 2 is 2.60 bits per heavy atom. The lowest BCUT2D eigenvalue weighted by Gasteiger charge is -1.93. The van der Waals surface area contributed by atoms with Gasteiger partial charge in [-0.3, -0.25) is 4.37 Å². The van der Waals surface area contributed by atoms with E-state index in [-0.39, 0.29) is 0 Å². The second-order valence-electron chi connectivity index (χ2n) is 1.67. The summed E-state index contributed by atoms with van der Waals surface area (Å²) in [5, 5.41) is 0. The maximum Gasteiger partial charge on any atom is 0.198 e. The van der Waals surface area contributed by atoms with E-state index in [1.165, 1.54) is 11.5 Å². The molecule has 0 saturated carbocycles. The Morgan fingerprint density at radius 1 is 1.80 bits per heavy atom. The first-order valence-electron chi connectivity index (χ1n) is 2.95. The van der Waals surface area contributed by atoms with E-state index in [1.807, 2.05) is 6.92 Å². The van der Waals surface area contributed by atoms with E-state index in [9.17, 15) is 0 Å². The fraction of sp³-hybridized carbons (Fsp3) is 0.600. The van der Waals surface area contributed by atoms with Crippen molar-refractivity contribution in [2.45, 2.75) is 13.5 Å². The van der Waals surface area contributed by atoms with Gasteiger partial charge in [-0.15, -0.1) is 0 Å². The van der Waals surface area contributed by atoms with E-state index in [1.54, 1.807) is 0 Å². The van der Waals surface area contributed by atoms with Gasteiger partial charge in [0, 0.05) is 6.61 Å². The van der Waals surface area contributed by atoms with Crippen LogP contribution in [0, 0.1) is 3.95 Å². The quantitative estimate of drug-likeness (QED) is 0.713. The lowest BCUT2D eigenvalue weighted by atomic mass is 10.7. The molecule has 0 atom stereocenters. The third-order valence-electron chi connectivity index (χ3n) is 0.925. The molecule has 0 unspecified atom stereocenters. The minimum absolute atomic E-state index is 0.531. The highest BCUT2D eigenvalue weighted by Crippen LogP contribution is 1.98. The van der Waals surface area contributed by atoms with Crippen molar-refractivity contribution in [3.63, 3.8) is 0 Å². The van der Waals surface area contributed by atoms with E-state index in [2.05, 4.69) is 9.36 Å². The van der Waals surface area contributed by atoms with Crippen LogP contribution in [-0.4, -0.2) is 16.0 Å². The van der Waals surface area contributed by atoms with Crippen molar-refractivity contribution < 1.29 is 4.74 Å². The molecule has 1 rings (SSSR count). The summed E-state index contributed by atoms with van der Waals surface area (Å²) in [6.07, 6.45) is 0. The Balaban J connectivity index is 2.50. The number of H-pyrrole nitrogens is 1. The molecule has 0 spiro atoms. The molecule has 0 amide bonds. The van der Waals surface area contributed by atoms with Crippen molar-refractivity contribution in [1.82, 2.24) is 9.36 Å². The van der Waals surface area contributed by atoms with E-state index >= 15 is 0 Å². The highest BCUT2D eigenvalue weighted by molar-refractivity contribution is 7.73. The van der Waals surface area contributed by atoms with Crippen LogP contribution in [0.3, 0.4) is 0 Å². The zero-order valence-electron chi connectivity index (χ0n) is 5.59. The van der Waals surface area contributed by atoms with Gasteiger partial charge in [0.2, 0.25) is 0 Å². The van der Waals surface area contributed by atoms with Crippen molar-refractivity contribution in [3.8, 4) is 0 Å². The number of ether oxygens (including phenoxy) is 1. The Morgan fingerprint density at radius 3 is 3.10 bits per heavy atom. The number of hydrogen-bond donors (Lipinski definition) is 1. The molecule has 0 fully saturated rings. The highest BCUT2D eigenvalue weighted by atomic mass is 32.2. The smallest absolute Gasteiger partial charge is 0.198 e. The highest BCUT2D eigenvalue weighted by Gasteiger charge is 1.93. The second kappa shape index (κ2) is 3.80. The van der Waals surface area contributed by atoms with Gasteiger partial charge in [0.25, 0.3) is 0 Å². The average Bonchev–Trinajstić information content (AvgIpc) is 2.31. The summed E-state index contributed by atoms with van der Waals surface area (Å²) in [6, 6.07) is 0. The molecule has 0 aliphatic heterocycles. The van der Waals surface area contributed by atoms with E-state index in [0.29, 0.717) is 17.2 Å². The monoisotopic (exact) mass is 176 g/mol. The zero-order chi connectivity index (χ0) is 7.40. The van der Waals surface area contributed by atoms with Gasteiger partial charge in [-0.2, -0.15) is 0 Å². The van der Waals surface area contributed by atoms with Crippen LogP contribution in [0.2, 0.25) is 0 Å². The summed E-state index contributed by atoms with van der Waals surface area (Å²) in [4.78, 5) is 4.00. The second-order valence-corrected chi connectivity index (χ2v) is 3.11. The molecule has 5 heteroatoms. The molecule has 0 radical (unpaired) electrons. The minimum atomic E-state index is 0.531. The van der Waals surface area contributed by atoms with Crippen LogP contribution in [0.5, 0.6) is 0 Å². The summed E-state index contributed by atoms with van der Waals surface area (Å²) in [6.45, 7) is 3.18. The summed E-state index contributed by atoms with van der Waals surface area (Å²) in [7, 11) is 0. The minimum Gasteiger partial charge on any atom is -0.374 e. The third-order valence-corrected chi connectivity index (χ3v) is 1.87. The molecule has 56 valence electrons. The molecule has 10 heavy (non-hydrogen) atoms. The first-order valence-corrected chi connectivity index (χ1v) is 4.17. The van der Waals surface area contributed by atoms with E-state index in [0.717, 1.165) is 5.82 Å². The average molecular weight is 176 g/mol. The summed E-state index contributed by atoms with van der Waals surface area (Å²) < 4.78 is 8.68. The van der Waals surface area contributed by atoms with E-state index in [4.69, 9.17) is 17.0 Å². The topological polar surface area (TPSA) is 37.9 Å². The SMILES string of the molecule is CCOCc1nc(=S)s[nH]1. The van der Waals surface area contributed by atoms with Crippen molar-refractivity contribution in [2.24, 2.45) is 0 Å². The van der Waals surface area contributed by atoms with Gasteiger partial charge < -0.3 is 4.74 Å². The molecule has 0 aliphatic rings. The van der Waals surface area contributed by atoms with Crippen molar-refractivity contribution >= 4 is 23.8 Å². The predicted molar refractivity (Wildman–Crippen MR) is 42.6 cm³/mol. The molecule has 0 aliphatic carbocycles. The fourth-order valence-corrected chi connectivity index (χ4v) is 1.22. The standard InChI is InChI=1S/C5H8N2OS2/c1-2-8-3-4-6-5(9)10-7-4/h2-3H2,1H3,(H,6,7,9). The van der Waals surface area contributed by atoms with Crippen LogP contribution in [0.4, 0.5) is 0 Å². The van der Waals surface area contributed by atoms with Gasteiger partial charge >= 0.3 is 0 Å². The summed E-state index contributed by atoms with van der Waals surface area (Å²) in [5.41, 5.74) is 0. The first-order chi connectivity index (χ1) is 4.83. The Hall–Kier alpha value is -0.260. The number of nitrogens with one attached hydrogen (secondary N) is 1. The number of rotatable bonds is 3. The molecule has 0 bridgehead atoms. The maximum atomic E-state index is 5.10. The van der Waals surface area contributed by atoms with Crippen LogP contribution in [0.1, 0.15) is 12.7 Å². The fourth-order valence-electron chi connectivity index (χ4n) is 0.519. The molecule has 1 N–H and O–H groups in total. The Labute approximate surface area is 68.2 Å². The van der Waals surface area contributed by atoms with Crippen molar-refractivity contribution in [1.29, 1.82) is 0 Å². The van der Waals surface area contributed by atoms with E-state index < -0.39 is 0 Å². The summed E-state index contributed by atoms with van der Waals surface area (Å²) in [5.74, 6) is 0.817. The number of aromatic amines is 1. The zero-order valence-corrected chi connectivity index (χ0v) is 7.22. The molecule has 3 nitrogen and oxygen atoms in total. The van der Waals surface area contributed by atoms with Gasteiger partial charge in [-0.25, -0.2) is 4.98 Å². The van der Waals surface area contributed by atoms with Crippen molar-refractivity contribution in [3.05, 3.63) is 9.78 Å². The van der Waals surface area contributed by atoms with Crippen LogP contribution < -0.4 is 0 Å². The van der Waals surface area contributed by atoms with Crippen LogP contribution in [0.25, 0.3) is 0 Å². The molecule has 0 aromatic carbocycles. The van der Waals surface area contributed by atoms with Crippen LogP contribution in [0.15, 0.2) is 0 Å². The normalized spacial score (nSPS) is 10.1. The van der Waals surface area contributed by atoms with Crippen LogP contribution in [-0.2, 0) is 11.3 Å². The lowest BCUT2D eigenvalue weighted by Crippen LogP contribution is -1.92. The number of aromatic nitrogens is 2. The lowest BCUT2D eigenvalue weighted by molar-refractivity contribution is 0.129. The van der Waals surface area contributed by atoms with Crippen LogP contribution >= 0.6 is 23.8 Å². The Bertz CT molecular complexity index is 242. The third kappa shape index (κ3) is 2.17. The summed E-state index contributed by atoms with van der Waals surface area (Å²) >= 11 is 6.16. The molecular formula is C5H8N2OS2. The van der Waals surface area contributed by atoms with Gasteiger partial charge in [-0.1, -0.05) is 0 Å². The molecule has 1 aromatic heterocycles. The number of nitrogens with zero attached hydrogens (tertiary/aromatic N) is 1.